The molecule has 0 aliphatic carbocycles. The third-order valence-corrected chi connectivity index (χ3v) is 4.73. The van der Waals surface area contributed by atoms with E-state index in [4.69, 9.17) is 9.47 Å². The molecule has 0 bridgehead atoms. The van der Waals surface area contributed by atoms with E-state index in [1.54, 1.807) is 19.1 Å². The van der Waals surface area contributed by atoms with Crippen LogP contribution in [-0.4, -0.2) is 51.5 Å². The number of carbonyl (C=O) groups excluding carboxylic acids is 1. The number of methoxy groups -OCH3 is 2. The number of rotatable bonds is 7. The molecule has 1 heterocycles. The average molecular weight is 369 g/mol. The Morgan fingerprint density at radius 2 is 1.67 bits per heavy atom. The summed E-state index contributed by atoms with van der Waals surface area (Å²) in [6.07, 6.45) is 1.98. The van der Waals surface area contributed by atoms with Crippen LogP contribution in [0.3, 0.4) is 0 Å². The minimum Gasteiger partial charge on any atom is -0.383 e. The Balaban J connectivity index is 1.73. The third kappa shape index (κ3) is 4.99. The van der Waals surface area contributed by atoms with Crippen molar-refractivity contribution in [2.24, 2.45) is 0 Å². The highest BCUT2D eigenvalue weighted by molar-refractivity contribution is 5.90. The first-order chi connectivity index (χ1) is 13.2. The van der Waals surface area contributed by atoms with E-state index < -0.39 is 0 Å². The molecule has 3 rings (SSSR count). The molecule has 0 spiro atoms. The van der Waals surface area contributed by atoms with Gasteiger partial charge < -0.3 is 25.0 Å². The zero-order valence-corrected chi connectivity index (χ0v) is 16.0. The molecule has 1 aliphatic heterocycles. The number of benzene rings is 2. The number of para-hydroxylation sites is 1. The highest BCUT2D eigenvalue weighted by atomic mass is 16.5. The summed E-state index contributed by atoms with van der Waals surface area (Å²) in [5, 5.41) is 6.50. The van der Waals surface area contributed by atoms with Crippen molar-refractivity contribution in [1.29, 1.82) is 0 Å². The molecule has 27 heavy (non-hydrogen) atoms. The molecule has 0 aromatic heterocycles. The van der Waals surface area contributed by atoms with Crippen LogP contribution in [-0.2, 0) is 22.3 Å². The first kappa shape index (κ1) is 19.2. The minimum absolute atomic E-state index is 0.155. The lowest BCUT2D eigenvalue weighted by Crippen LogP contribution is -2.39. The van der Waals surface area contributed by atoms with Crippen molar-refractivity contribution in [3.63, 3.8) is 0 Å². The molecule has 2 N–H and O–H groups in total. The number of anilines is 3. The van der Waals surface area contributed by atoms with Gasteiger partial charge in [-0.15, -0.1) is 0 Å². The van der Waals surface area contributed by atoms with Gasteiger partial charge in [-0.2, -0.15) is 0 Å². The fourth-order valence-corrected chi connectivity index (χ4v) is 3.18. The molecule has 0 radical (unpaired) electrons. The summed E-state index contributed by atoms with van der Waals surface area (Å²) in [6, 6.07) is 14.2. The second kappa shape index (κ2) is 9.39. The van der Waals surface area contributed by atoms with Crippen molar-refractivity contribution in [3.8, 4) is 0 Å². The molecule has 0 atom stereocenters. The van der Waals surface area contributed by atoms with Crippen molar-refractivity contribution in [3.05, 3.63) is 53.6 Å². The smallest absolute Gasteiger partial charge is 0.322 e. The molecule has 6 nitrogen and oxygen atoms in total. The van der Waals surface area contributed by atoms with E-state index in [-0.39, 0.29) is 6.03 Å². The van der Waals surface area contributed by atoms with Crippen LogP contribution in [0.15, 0.2) is 42.5 Å². The summed E-state index contributed by atoms with van der Waals surface area (Å²) >= 11 is 0. The third-order valence-electron chi connectivity index (χ3n) is 4.73. The number of ether oxygens (including phenoxy) is 2. The number of nitrogens with zero attached hydrogens (tertiary/aromatic N) is 1. The first-order valence-corrected chi connectivity index (χ1v) is 9.23. The van der Waals surface area contributed by atoms with Gasteiger partial charge in [0.05, 0.1) is 13.2 Å². The molecule has 2 aromatic carbocycles. The summed E-state index contributed by atoms with van der Waals surface area (Å²) in [7, 11) is 3.25. The Labute approximate surface area is 160 Å². The van der Waals surface area contributed by atoms with Gasteiger partial charge in [0, 0.05) is 44.4 Å². The van der Waals surface area contributed by atoms with E-state index in [0.29, 0.717) is 26.3 Å². The Morgan fingerprint density at radius 3 is 2.37 bits per heavy atom. The van der Waals surface area contributed by atoms with Crippen LogP contribution in [0.25, 0.3) is 0 Å². The standard InChI is InChI=1S/C21H27N3O3/c1-26-13-11-24(12-14-27-2)21(25)22-18-10-9-17-8-7-16-5-3-4-6-19(16)23-20(17)15-18/h3-6,9-10,15,23H,7-8,11-14H2,1-2H3,(H,22,25). The summed E-state index contributed by atoms with van der Waals surface area (Å²) < 4.78 is 10.2. The van der Waals surface area contributed by atoms with Gasteiger partial charge in [0.15, 0.2) is 0 Å². The van der Waals surface area contributed by atoms with Crippen LogP contribution in [0.1, 0.15) is 11.1 Å². The Hall–Kier alpha value is -2.57. The molecule has 2 amide bonds. The molecule has 144 valence electrons. The lowest BCUT2D eigenvalue weighted by Gasteiger charge is -2.23. The largest absolute Gasteiger partial charge is 0.383 e. The Morgan fingerprint density at radius 1 is 1.00 bits per heavy atom. The maximum Gasteiger partial charge on any atom is 0.322 e. The van der Waals surface area contributed by atoms with Gasteiger partial charge in [-0.3, -0.25) is 0 Å². The second-order valence-electron chi connectivity index (χ2n) is 6.56. The second-order valence-corrected chi connectivity index (χ2v) is 6.56. The van der Waals surface area contributed by atoms with Crippen LogP contribution in [0.2, 0.25) is 0 Å². The van der Waals surface area contributed by atoms with Crippen LogP contribution in [0, 0.1) is 0 Å². The lowest BCUT2D eigenvalue weighted by molar-refractivity contribution is 0.127. The molecule has 0 unspecified atom stereocenters. The molecule has 0 fully saturated rings. The lowest BCUT2D eigenvalue weighted by atomic mass is 10.0. The Kier molecular flexibility index (Phi) is 6.68. The van der Waals surface area contributed by atoms with Crippen LogP contribution >= 0.6 is 0 Å². The number of nitrogens with one attached hydrogen (secondary N) is 2. The quantitative estimate of drug-likeness (QED) is 0.782. The fourth-order valence-electron chi connectivity index (χ4n) is 3.18. The van der Waals surface area contributed by atoms with Crippen LogP contribution in [0.5, 0.6) is 0 Å². The zero-order valence-electron chi connectivity index (χ0n) is 16.0. The average Bonchev–Trinajstić information content (AvgIpc) is 2.86. The highest BCUT2D eigenvalue weighted by Crippen LogP contribution is 2.31. The normalized spacial score (nSPS) is 12.4. The maximum absolute atomic E-state index is 12.6. The molecular weight excluding hydrogens is 342 g/mol. The van der Waals surface area contributed by atoms with Gasteiger partial charge in [0.2, 0.25) is 0 Å². The maximum atomic E-state index is 12.6. The van der Waals surface area contributed by atoms with Gasteiger partial charge in [-0.1, -0.05) is 24.3 Å². The van der Waals surface area contributed by atoms with E-state index in [1.807, 2.05) is 18.2 Å². The SMILES string of the molecule is COCCN(CCOC)C(=O)Nc1ccc2c(c1)Nc1ccccc1CC2. The number of urea groups is 1. The number of amides is 2. The molecule has 1 aliphatic rings. The number of aryl methyl sites for hydroxylation is 2. The van der Waals surface area contributed by atoms with Crippen molar-refractivity contribution in [2.75, 3.05) is 51.2 Å². The molecule has 6 heteroatoms. The highest BCUT2D eigenvalue weighted by Gasteiger charge is 2.16. The Bertz CT molecular complexity index is 771. The number of carbonyl (C=O) groups is 1. The molecule has 2 aromatic rings. The molecule has 0 saturated heterocycles. The van der Waals surface area contributed by atoms with E-state index in [9.17, 15) is 4.79 Å². The van der Waals surface area contributed by atoms with Gasteiger partial charge in [-0.25, -0.2) is 4.79 Å². The predicted molar refractivity (Wildman–Crippen MR) is 108 cm³/mol. The van der Waals surface area contributed by atoms with Gasteiger partial charge >= 0.3 is 6.03 Å². The van der Waals surface area contributed by atoms with Crippen molar-refractivity contribution >= 4 is 23.1 Å². The molecule has 0 saturated carbocycles. The van der Waals surface area contributed by atoms with Gasteiger partial charge in [-0.05, 0) is 42.2 Å². The van der Waals surface area contributed by atoms with E-state index in [0.717, 1.165) is 29.9 Å². The fraction of sp³-hybridized carbons (Fsp3) is 0.381. The van der Waals surface area contributed by atoms with Crippen LogP contribution in [0.4, 0.5) is 21.9 Å². The minimum atomic E-state index is -0.155. The number of hydrogen-bond acceptors (Lipinski definition) is 4. The summed E-state index contributed by atoms with van der Waals surface area (Å²) in [5.74, 6) is 0. The van der Waals surface area contributed by atoms with Crippen molar-refractivity contribution in [2.45, 2.75) is 12.8 Å². The van der Waals surface area contributed by atoms with Crippen molar-refractivity contribution < 1.29 is 14.3 Å². The van der Waals surface area contributed by atoms with E-state index >= 15 is 0 Å². The summed E-state index contributed by atoms with van der Waals surface area (Å²) in [6.45, 7) is 2.00. The molecular formula is C21H27N3O3. The summed E-state index contributed by atoms with van der Waals surface area (Å²) in [4.78, 5) is 14.3. The van der Waals surface area contributed by atoms with Gasteiger partial charge in [0.25, 0.3) is 0 Å². The predicted octanol–water partition coefficient (Wildman–Crippen LogP) is 3.66. The monoisotopic (exact) mass is 369 g/mol. The number of hydrogen-bond donors (Lipinski definition) is 2. The summed E-state index contributed by atoms with van der Waals surface area (Å²) in [5.41, 5.74) is 5.49. The van der Waals surface area contributed by atoms with Crippen LogP contribution < -0.4 is 10.6 Å². The van der Waals surface area contributed by atoms with E-state index in [1.165, 1.54) is 11.1 Å². The topological polar surface area (TPSA) is 62.8 Å². The van der Waals surface area contributed by atoms with E-state index in [2.05, 4.69) is 34.9 Å². The first-order valence-electron chi connectivity index (χ1n) is 9.23. The zero-order chi connectivity index (χ0) is 19.1. The van der Waals surface area contributed by atoms with Crippen molar-refractivity contribution in [1.82, 2.24) is 4.90 Å². The number of fused-ring (bicyclic) bond motifs is 2. The van der Waals surface area contributed by atoms with Gasteiger partial charge in [0.1, 0.15) is 0 Å².